The molecule has 2 aliphatic heterocycles. The van der Waals surface area contributed by atoms with Gasteiger partial charge in [-0.1, -0.05) is 97.9 Å². The molecule has 0 saturated carbocycles. The third kappa shape index (κ3) is 7.09. The molecule has 228 valence electrons. The molecular formula is C37H40N2O5. The summed E-state index contributed by atoms with van der Waals surface area (Å²) in [7, 11) is 0. The fourth-order valence-electron chi connectivity index (χ4n) is 6.01. The van der Waals surface area contributed by atoms with Crippen LogP contribution in [0.5, 0.6) is 0 Å². The summed E-state index contributed by atoms with van der Waals surface area (Å²) >= 11 is 0. The van der Waals surface area contributed by atoms with E-state index in [9.17, 15) is 9.90 Å². The number of benzene rings is 4. The number of carbonyl (C=O) groups excluding carboxylic acids is 1. The Hall–Kier alpha value is -3.85. The largest absolute Gasteiger partial charge is 0.392 e. The third-order valence-corrected chi connectivity index (χ3v) is 8.65. The Morgan fingerprint density at radius 2 is 1.52 bits per heavy atom. The summed E-state index contributed by atoms with van der Waals surface area (Å²) < 4.78 is 18.9. The van der Waals surface area contributed by atoms with Crippen LogP contribution in [-0.2, 0) is 27.4 Å². The molecule has 0 radical (unpaired) electrons. The highest BCUT2D eigenvalue weighted by atomic mass is 16.7. The molecule has 4 aromatic carbocycles. The number of carbonyl (C=O) groups is 1. The monoisotopic (exact) mass is 592 g/mol. The maximum Gasteiger partial charge on any atom is 0.251 e. The Bertz CT molecular complexity index is 1500. The molecule has 6 rings (SSSR count). The standard InChI is InChI=1S/C37H40N2O5/c1-26-34(24-39-19-21-42-22-20-39)43-37(44-35(26)29-13-11-27(25-40)12-14-29)31-17-15-28(16-18-31)33-10-6-5-9-32(33)23-38-36(41)30-7-3-2-4-8-30/h2-18,26,34-35,37,40H,19-25H2,1H3,(H,38,41)/t26-,34+,35+,37+/m0/s1. The van der Waals surface area contributed by atoms with Gasteiger partial charge in [-0.2, -0.15) is 0 Å². The van der Waals surface area contributed by atoms with E-state index in [-0.39, 0.29) is 30.6 Å². The van der Waals surface area contributed by atoms with E-state index in [1.54, 1.807) is 0 Å². The molecule has 2 N–H and O–H groups in total. The van der Waals surface area contributed by atoms with E-state index in [4.69, 9.17) is 14.2 Å². The molecule has 2 saturated heterocycles. The van der Waals surface area contributed by atoms with Crippen molar-refractivity contribution < 1.29 is 24.1 Å². The number of rotatable bonds is 9. The van der Waals surface area contributed by atoms with E-state index in [2.05, 4.69) is 59.6 Å². The second kappa shape index (κ2) is 14.3. The van der Waals surface area contributed by atoms with Crippen molar-refractivity contribution in [3.8, 4) is 11.1 Å². The molecule has 7 heteroatoms. The summed E-state index contributed by atoms with van der Waals surface area (Å²) in [6, 6.07) is 33.8. The van der Waals surface area contributed by atoms with E-state index < -0.39 is 6.29 Å². The predicted octanol–water partition coefficient (Wildman–Crippen LogP) is 5.90. The van der Waals surface area contributed by atoms with Gasteiger partial charge in [0, 0.05) is 43.2 Å². The zero-order chi connectivity index (χ0) is 30.3. The van der Waals surface area contributed by atoms with Crippen LogP contribution in [0.1, 0.15) is 51.9 Å². The van der Waals surface area contributed by atoms with Gasteiger partial charge in [0.1, 0.15) is 0 Å². The number of hydrogen-bond donors (Lipinski definition) is 2. The molecule has 2 fully saturated rings. The van der Waals surface area contributed by atoms with Gasteiger partial charge in [0.05, 0.1) is 32.0 Å². The second-order valence-electron chi connectivity index (χ2n) is 11.6. The lowest BCUT2D eigenvalue weighted by molar-refractivity contribution is -0.277. The number of amides is 1. The van der Waals surface area contributed by atoms with Gasteiger partial charge in [-0.15, -0.1) is 0 Å². The highest BCUT2D eigenvalue weighted by molar-refractivity contribution is 5.94. The molecule has 0 bridgehead atoms. The van der Waals surface area contributed by atoms with Gasteiger partial charge in [0.2, 0.25) is 0 Å². The van der Waals surface area contributed by atoms with Crippen LogP contribution < -0.4 is 5.32 Å². The first kappa shape index (κ1) is 30.2. The Balaban J connectivity index is 1.21. The van der Waals surface area contributed by atoms with E-state index in [0.29, 0.717) is 12.1 Å². The minimum Gasteiger partial charge on any atom is -0.392 e. The van der Waals surface area contributed by atoms with Gasteiger partial charge < -0.3 is 24.6 Å². The number of ether oxygens (including phenoxy) is 3. The molecule has 4 aromatic rings. The zero-order valence-electron chi connectivity index (χ0n) is 25.1. The van der Waals surface area contributed by atoms with Gasteiger partial charge in [0.25, 0.3) is 5.91 Å². The van der Waals surface area contributed by atoms with E-state index in [1.165, 1.54) is 0 Å². The lowest BCUT2D eigenvalue weighted by Crippen LogP contribution is -2.47. The van der Waals surface area contributed by atoms with Gasteiger partial charge in [-0.25, -0.2) is 0 Å². The number of aliphatic hydroxyl groups is 1. The average Bonchev–Trinajstić information content (AvgIpc) is 3.09. The molecule has 2 aliphatic rings. The first-order valence-corrected chi connectivity index (χ1v) is 15.4. The van der Waals surface area contributed by atoms with Crippen LogP contribution in [0.4, 0.5) is 0 Å². The van der Waals surface area contributed by atoms with Crippen molar-refractivity contribution >= 4 is 5.91 Å². The molecule has 0 aromatic heterocycles. The number of aliphatic hydroxyl groups excluding tert-OH is 1. The van der Waals surface area contributed by atoms with Gasteiger partial charge in [-0.3, -0.25) is 9.69 Å². The van der Waals surface area contributed by atoms with Gasteiger partial charge in [0.15, 0.2) is 6.29 Å². The predicted molar refractivity (Wildman–Crippen MR) is 170 cm³/mol. The van der Waals surface area contributed by atoms with Crippen LogP contribution in [0.3, 0.4) is 0 Å². The Morgan fingerprint density at radius 3 is 2.25 bits per heavy atom. The van der Waals surface area contributed by atoms with E-state index in [0.717, 1.165) is 66.2 Å². The normalized spacial score (nSPS) is 22.4. The van der Waals surface area contributed by atoms with Crippen molar-refractivity contribution in [2.24, 2.45) is 5.92 Å². The number of nitrogens with one attached hydrogen (secondary N) is 1. The van der Waals surface area contributed by atoms with Crippen LogP contribution in [0, 0.1) is 5.92 Å². The first-order chi connectivity index (χ1) is 21.6. The van der Waals surface area contributed by atoms with Crippen LogP contribution >= 0.6 is 0 Å². The Labute approximate surface area is 259 Å². The van der Waals surface area contributed by atoms with Gasteiger partial charge >= 0.3 is 0 Å². The SMILES string of the molecule is C[C@H]1[C@@H](CN2CCOCC2)O[C@@H](c2ccc(-c3ccccc3CNC(=O)c3ccccc3)cc2)O[C@H]1c1ccc(CO)cc1. The summed E-state index contributed by atoms with van der Waals surface area (Å²) in [6.45, 7) is 6.73. The third-order valence-electron chi connectivity index (χ3n) is 8.65. The van der Waals surface area contributed by atoms with Crippen molar-refractivity contribution in [2.45, 2.75) is 38.6 Å². The maximum atomic E-state index is 12.7. The average molecular weight is 593 g/mol. The first-order valence-electron chi connectivity index (χ1n) is 15.4. The molecule has 1 amide bonds. The maximum absolute atomic E-state index is 12.7. The minimum atomic E-state index is -0.519. The molecule has 0 aliphatic carbocycles. The fraction of sp³-hybridized carbons (Fsp3) is 0.324. The highest BCUT2D eigenvalue weighted by Crippen LogP contribution is 2.42. The fourth-order valence-corrected chi connectivity index (χ4v) is 6.01. The Kier molecular flexibility index (Phi) is 9.80. The number of morpholine rings is 1. The molecule has 0 unspecified atom stereocenters. The smallest absolute Gasteiger partial charge is 0.251 e. The van der Waals surface area contributed by atoms with E-state index >= 15 is 0 Å². The van der Waals surface area contributed by atoms with Crippen molar-refractivity contribution in [1.29, 1.82) is 0 Å². The van der Waals surface area contributed by atoms with Crippen LogP contribution in [0.2, 0.25) is 0 Å². The summed E-state index contributed by atoms with van der Waals surface area (Å²) in [4.78, 5) is 15.1. The van der Waals surface area contributed by atoms with Crippen molar-refractivity contribution in [1.82, 2.24) is 10.2 Å². The highest BCUT2D eigenvalue weighted by Gasteiger charge is 2.39. The second-order valence-corrected chi connectivity index (χ2v) is 11.6. The summed E-state index contributed by atoms with van der Waals surface area (Å²) in [5, 5.41) is 12.6. The van der Waals surface area contributed by atoms with Crippen molar-refractivity contribution in [3.05, 3.63) is 131 Å². The van der Waals surface area contributed by atoms with Gasteiger partial charge in [-0.05, 0) is 39.9 Å². The molecular weight excluding hydrogens is 552 g/mol. The van der Waals surface area contributed by atoms with E-state index in [1.807, 2.05) is 60.7 Å². The molecule has 4 atom stereocenters. The van der Waals surface area contributed by atoms with Crippen LogP contribution in [0.15, 0.2) is 103 Å². The summed E-state index contributed by atoms with van der Waals surface area (Å²) in [5.41, 5.74) is 6.73. The summed E-state index contributed by atoms with van der Waals surface area (Å²) in [6.07, 6.45) is -0.696. The van der Waals surface area contributed by atoms with Crippen LogP contribution in [0.25, 0.3) is 11.1 Å². The number of nitrogens with zero attached hydrogens (tertiary/aromatic N) is 1. The minimum absolute atomic E-state index is 0.0155. The van der Waals surface area contributed by atoms with Crippen molar-refractivity contribution in [2.75, 3.05) is 32.8 Å². The zero-order valence-corrected chi connectivity index (χ0v) is 25.1. The number of hydrogen-bond acceptors (Lipinski definition) is 6. The lowest BCUT2D eigenvalue weighted by Gasteiger charge is -2.43. The summed E-state index contributed by atoms with van der Waals surface area (Å²) in [5.74, 6) is 0.0371. The van der Waals surface area contributed by atoms with Crippen molar-refractivity contribution in [3.63, 3.8) is 0 Å². The molecule has 7 nitrogen and oxygen atoms in total. The molecule has 44 heavy (non-hydrogen) atoms. The lowest BCUT2D eigenvalue weighted by atomic mass is 9.90. The Morgan fingerprint density at radius 1 is 0.841 bits per heavy atom. The molecule has 2 heterocycles. The molecule has 0 spiro atoms. The van der Waals surface area contributed by atoms with Crippen LogP contribution in [-0.4, -0.2) is 54.9 Å². The topological polar surface area (TPSA) is 80.3 Å². The quantitative estimate of drug-likeness (QED) is 0.252.